The Labute approximate surface area is 151 Å². The van der Waals surface area contributed by atoms with Crippen molar-refractivity contribution in [2.45, 2.75) is 31.9 Å². The molecule has 0 spiro atoms. The molecule has 1 atom stereocenters. The Morgan fingerprint density at radius 2 is 2.08 bits per heavy atom. The Balaban J connectivity index is 1.85. The van der Waals surface area contributed by atoms with Crippen LogP contribution >= 0.6 is 11.8 Å². The first kappa shape index (κ1) is 17.9. The first-order chi connectivity index (χ1) is 12.0. The van der Waals surface area contributed by atoms with E-state index in [9.17, 15) is 4.39 Å². The molecule has 25 heavy (non-hydrogen) atoms. The van der Waals surface area contributed by atoms with E-state index in [-0.39, 0.29) is 5.82 Å². The minimum absolute atomic E-state index is 0.238. The number of methoxy groups -OCH3 is 1. The van der Waals surface area contributed by atoms with Gasteiger partial charge in [0.25, 0.3) is 0 Å². The van der Waals surface area contributed by atoms with Crippen LogP contribution in [0.3, 0.4) is 0 Å². The third-order valence-electron chi connectivity index (χ3n) is 4.39. The highest BCUT2D eigenvalue weighted by molar-refractivity contribution is 8.13. The van der Waals surface area contributed by atoms with Crippen LogP contribution in [0.2, 0.25) is 0 Å². The van der Waals surface area contributed by atoms with Crippen molar-refractivity contribution < 1.29 is 9.13 Å². The number of aromatic nitrogens is 1. The molecule has 132 valence electrons. The summed E-state index contributed by atoms with van der Waals surface area (Å²) in [7, 11) is 1.66. The van der Waals surface area contributed by atoms with E-state index in [1.165, 1.54) is 17.8 Å². The maximum Gasteiger partial charge on any atom is 0.154 e. The number of halogens is 1. The van der Waals surface area contributed by atoms with Crippen molar-refractivity contribution in [3.8, 4) is 0 Å². The predicted molar refractivity (Wildman–Crippen MR) is 100 cm³/mol. The van der Waals surface area contributed by atoms with Gasteiger partial charge in [0.1, 0.15) is 5.82 Å². The van der Waals surface area contributed by atoms with Crippen LogP contribution in [0.4, 0.5) is 4.39 Å². The van der Waals surface area contributed by atoms with Gasteiger partial charge >= 0.3 is 0 Å². The van der Waals surface area contributed by atoms with E-state index in [2.05, 4.69) is 9.98 Å². The number of rotatable bonds is 5. The zero-order valence-corrected chi connectivity index (χ0v) is 15.3. The molecule has 0 saturated heterocycles. The number of nitrogens with zero attached hydrogens (tertiary/aromatic N) is 2. The number of ether oxygens (including phenoxy) is 1. The van der Waals surface area contributed by atoms with E-state index in [1.54, 1.807) is 13.2 Å². The Bertz CT molecular complexity index is 779. The number of hydrogen-bond acceptors (Lipinski definition) is 5. The van der Waals surface area contributed by atoms with Crippen molar-refractivity contribution in [1.29, 1.82) is 0 Å². The second-order valence-corrected chi connectivity index (χ2v) is 7.52. The van der Waals surface area contributed by atoms with Crippen molar-refractivity contribution in [2.24, 2.45) is 10.7 Å². The number of pyridine rings is 1. The lowest BCUT2D eigenvalue weighted by Gasteiger charge is -2.30. The van der Waals surface area contributed by atoms with Gasteiger partial charge in [-0.05, 0) is 36.6 Å². The minimum atomic E-state index is -0.606. The molecule has 4 nitrogen and oxygen atoms in total. The van der Waals surface area contributed by atoms with Crippen LogP contribution in [0.1, 0.15) is 35.7 Å². The summed E-state index contributed by atoms with van der Waals surface area (Å²) >= 11 is 1.52. The molecular formula is C19H22FN3OS. The highest BCUT2D eigenvalue weighted by Gasteiger charge is 2.32. The molecular weight excluding hydrogens is 337 g/mol. The minimum Gasteiger partial charge on any atom is -0.380 e. The third kappa shape index (κ3) is 4.19. The molecule has 0 saturated carbocycles. The molecule has 6 heteroatoms. The van der Waals surface area contributed by atoms with Gasteiger partial charge in [0, 0.05) is 36.7 Å². The fourth-order valence-corrected chi connectivity index (χ4v) is 3.97. The summed E-state index contributed by atoms with van der Waals surface area (Å²) in [6, 6.07) is 9.19. The lowest BCUT2D eigenvalue weighted by atomic mass is 9.87. The number of nitrogens with two attached hydrogens (primary N) is 1. The van der Waals surface area contributed by atoms with Gasteiger partial charge in [0.2, 0.25) is 0 Å². The molecule has 0 amide bonds. The maximum atomic E-state index is 14.5. The Morgan fingerprint density at radius 1 is 1.28 bits per heavy atom. The van der Waals surface area contributed by atoms with Gasteiger partial charge in [-0.15, -0.1) is 0 Å². The van der Waals surface area contributed by atoms with Gasteiger partial charge < -0.3 is 10.5 Å². The fourth-order valence-electron chi connectivity index (χ4n) is 3.00. The zero-order chi connectivity index (χ0) is 17.9. The summed E-state index contributed by atoms with van der Waals surface area (Å²) < 4.78 is 19.6. The lowest BCUT2D eigenvalue weighted by Crippen LogP contribution is -2.29. The van der Waals surface area contributed by atoms with Gasteiger partial charge in [-0.25, -0.2) is 4.39 Å². The molecule has 0 bridgehead atoms. The number of aliphatic imine (C=N–C) groups is 1. The van der Waals surface area contributed by atoms with Gasteiger partial charge in [0.05, 0.1) is 12.1 Å². The fraction of sp³-hybridized carbons (Fsp3) is 0.368. The number of thioether (sulfide) groups is 1. The first-order valence-corrected chi connectivity index (χ1v) is 9.18. The van der Waals surface area contributed by atoms with Crippen LogP contribution in [0.25, 0.3) is 0 Å². The maximum absolute atomic E-state index is 14.5. The van der Waals surface area contributed by atoms with Crippen molar-refractivity contribution >= 4 is 16.9 Å². The summed E-state index contributed by atoms with van der Waals surface area (Å²) in [5.41, 5.74) is 8.84. The molecule has 3 rings (SSSR count). The molecule has 0 unspecified atom stereocenters. The molecule has 2 heterocycles. The number of hydrogen-bond donors (Lipinski definition) is 1. The second-order valence-electron chi connectivity index (χ2n) is 6.40. The van der Waals surface area contributed by atoms with E-state index >= 15 is 0 Å². The molecule has 1 aliphatic rings. The molecule has 1 aromatic carbocycles. The Morgan fingerprint density at radius 3 is 2.76 bits per heavy atom. The summed E-state index contributed by atoms with van der Waals surface area (Å²) in [4.78, 5) is 8.98. The van der Waals surface area contributed by atoms with Crippen LogP contribution in [0, 0.1) is 5.82 Å². The van der Waals surface area contributed by atoms with Gasteiger partial charge in [0.15, 0.2) is 5.17 Å². The number of benzene rings is 1. The average molecular weight is 359 g/mol. The smallest absolute Gasteiger partial charge is 0.154 e. The average Bonchev–Trinajstić information content (AvgIpc) is 2.58. The largest absolute Gasteiger partial charge is 0.380 e. The molecule has 1 aromatic heterocycles. The van der Waals surface area contributed by atoms with E-state index in [1.807, 2.05) is 31.3 Å². The molecule has 0 fully saturated rings. The highest BCUT2D eigenvalue weighted by atomic mass is 32.2. The molecule has 1 aliphatic heterocycles. The van der Waals surface area contributed by atoms with Crippen molar-refractivity contribution in [2.75, 3.05) is 12.9 Å². The van der Waals surface area contributed by atoms with Crippen LogP contribution < -0.4 is 5.73 Å². The Kier molecular flexibility index (Phi) is 5.39. The highest BCUT2D eigenvalue weighted by Crippen LogP contribution is 2.36. The molecule has 0 aliphatic carbocycles. The zero-order valence-electron chi connectivity index (χ0n) is 14.5. The van der Waals surface area contributed by atoms with Crippen molar-refractivity contribution in [3.05, 3.63) is 64.7 Å². The Hall–Kier alpha value is -1.92. The normalized spacial score (nSPS) is 20.4. The predicted octanol–water partition coefficient (Wildman–Crippen LogP) is 3.62. The monoisotopic (exact) mass is 359 g/mol. The SMILES string of the molecule is COCc1ccc(Cc2ccc(F)c([C@]3(C)CCSC(N)=N3)c2)nc1. The summed E-state index contributed by atoms with van der Waals surface area (Å²) in [6.07, 6.45) is 3.22. The van der Waals surface area contributed by atoms with Gasteiger partial charge in [-0.3, -0.25) is 9.98 Å². The van der Waals surface area contributed by atoms with Gasteiger partial charge in [-0.1, -0.05) is 30.0 Å². The lowest BCUT2D eigenvalue weighted by molar-refractivity contribution is 0.184. The summed E-state index contributed by atoms with van der Waals surface area (Å²) in [6.45, 7) is 2.49. The van der Waals surface area contributed by atoms with E-state index in [4.69, 9.17) is 10.5 Å². The standard InChI is InChI=1S/C19H22FN3OS/c1-19(7-8-25-18(21)23-19)16-10-13(4-6-17(16)20)9-15-5-3-14(11-22-15)12-24-2/h3-6,10-11H,7-9,12H2,1-2H3,(H2,21,23)/t19-/m0/s1. The molecule has 0 radical (unpaired) electrons. The van der Waals surface area contributed by atoms with Crippen LogP contribution in [-0.4, -0.2) is 23.0 Å². The van der Waals surface area contributed by atoms with E-state index in [0.29, 0.717) is 23.8 Å². The van der Waals surface area contributed by atoms with Crippen LogP contribution in [0.15, 0.2) is 41.5 Å². The third-order valence-corrected chi connectivity index (χ3v) is 5.18. The molecule has 2 aromatic rings. The summed E-state index contributed by atoms with van der Waals surface area (Å²) in [5, 5.41) is 0.522. The van der Waals surface area contributed by atoms with Crippen LogP contribution in [-0.2, 0) is 23.3 Å². The van der Waals surface area contributed by atoms with Crippen molar-refractivity contribution in [3.63, 3.8) is 0 Å². The quantitative estimate of drug-likeness (QED) is 0.886. The molecule has 2 N–H and O–H groups in total. The second kappa shape index (κ2) is 7.54. The van der Waals surface area contributed by atoms with Crippen molar-refractivity contribution in [1.82, 2.24) is 4.98 Å². The van der Waals surface area contributed by atoms with E-state index < -0.39 is 5.54 Å². The summed E-state index contributed by atoms with van der Waals surface area (Å²) in [5.74, 6) is 0.607. The number of amidine groups is 1. The van der Waals surface area contributed by atoms with Gasteiger partial charge in [-0.2, -0.15) is 0 Å². The van der Waals surface area contributed by atoms with E-state index in [0.717, 1.165) is 29.0 Å². The first-order valence-electron chi connectivity index (χ1n) is 8.20. The topological polar surface area (TPSA) is 60.5 Å². The van der Waals surface area contributed by atoms with Crippen LogP contribution in [0.5, 0.6) is 0 Å².